The van der Waals surface area contributed by atoms with Crippen molar-refractivity contribution in [2.45, 2.75) is 18.9 Å². The molecular weight excluding hydrogens is 234 g/mol. The summed E-state index contributed by atoms with van der Waals surface area (Å²) in [7, 11) is 0. The van der Waals surface area contributed by atoms with Gasteiger partial charge in [0.05, 0.1) is 4.92 Å². The van der Waals surface area contributed by atoms with E-state index in [1.165, 1.54) is 12.3 Å². The van der Waals surface area contributed by atoms with Gasteiger partial charge in [-0.15, -0.1) is 0 Å². The number of pyridine rings is 1. The number of rotatable bonds is 3. The lowest BCUT2D eigenvalue weighted by Crippen LogP contribution is -2.26. The molecule has 2 rings (SSSR count). The summed E-state index contributed by atoms with van der Waals surface area (Å²) >= 11 is 5.59. The Balaban J connectivity index is 2.34. The van der Waals surface area contributed by atoms with E-state index in [1.807, 2.05) is 0 Å². The number of hydrogen-bond donors (Lipinski definition) is 1. The van der Waals surface area contributed by atoms with Gasteiger partial charge in [0.25, 0.3) is 5.91 Å². The molecule has 0 aromatic carbocycles. The zero-order chi connectivity index (χ0) is 11.7. The normalized spacial score (nSPS) is 14.6. The minimum absolute atomic E-state index is 0.0445. The molecule has 1 aromatic heterocycles. The summed E-state index contributed by atoms with van der Waals surface area (Å²) in [4.78, 5) is 25.3. The highest BCUT2D eigenvalue weighted by Gasteiger charge is 2.29. The van der Waals surface area contributed by atoms with E-state index in [-0.39, 0.29) is 16.8 Å². The molecule has 7 heteroatoms. The molecule has 1 aromatic rings. The van der Waals surface area contributed by atoms with Gasteiger partial charge in [-0.3, -0.25) is 14.9 Å². The first-order chi connectivity index (χ1) is 7.59. The van der Waals surface area contributed by atoms with Crippen LogP contribution in [0.15, 0.2) is 12.3 Å². The van der Waals surface area contributed by atoms with Gasteiger partial charge >= 0.3 is 5.69 Å². The van der Waals surface area contributed by atoms with Crippen molar-refractivity contribution in [3.8, 4) is 0 Å². The Morgan fingerprint density at radius 2 is 2.31 bits per heavy atom. The van der Waals surface area contributed by atoms with Gasteiger partial charge in [-0.2, -0.15) is 0 Å². The predicted octanol–water partition coefficient (Wildman–Crippen LogP) is 1.54. The summed E-state index contributed by atoms with van der Waals surface area (Å²) in [5, 5.41) is 13.1. The van der Waals surface area contributed by atoms with Crippen LogP contribution >= 0.6 is 11.6 Å². The number of aromatic nitrogens is 1. The van der Waals surface area contributed by atoms with Crippen molar-refractivity contribution in [2.75, 3.05) is 0 Å². The van der Waals surface area contributed by atoms with Gasteiger partial charge < -0.3 is 5.32 Å². The Morgan fingerprint density at radius 3 is 2.88 bits per heavy atom. The third-order valence-electron chi connectivity index (χ3n) is 2.22. The molecule has 1 N–H and O–H groups in total. The molecule has 1 aliphatic rings. The molecule has 1 heterocycles. The fourth-order valence-corrected chi connectivity index (χ4v) is 1.50. The lowest BCUT2D eigenvalue weighted by Gasteiger charge is -2.04. The average molecular weight is 242 g/mol. The Hall–Kier alpha value is -1.69. The first-order valence-electron chi connectivity index (χ1n) is 4.69. The molecule has 84 valence electrons. The van der Waals surface area contributed by atoms with Gasteiger partial charge in [0.2, 0.25) is 5.15 Å². The van der Waals surface area contributed by atoms with E-state index in [4.69, 9.17) is 11.6 Å². The zero-order valence-electron chi connectivity index (χ0n) is 8.14. The van der Waals surface area contributed by atoms with Crippen LogP contribution in [0.5, 0.6) is 0 Å². The van der Waals surface area contributed by atoms with Crippen LogP contribution in [0.2, 0.25) is 5.15 Å². The van der Waals surface area contributed by atoms with Crippen molar-refractivity contribution in [3.05, 3.63) is 33.1 Å². The maximum atomic E-state index is 11.7. The van der Waals surface area contributed by atoms with E-state index in [1.54, 1.807) is 0 Å². The van der Waals surface area contributed by atoms with Gasteiger partial charge in [0, 0.05) is 12.2 Å². The molecule has 6 nitrogen and oxygen atoms in total. The minimum atomic E-state index is -0.697. The highest BCUT2D eigenvalue weighted by Crippen LogP contribution is 2.27. The summed E-state index contributed by atoms with van der Waals surface area (Å²) in [5.74, 6) is -0.474. The summed E-state index contributed by atoms with van der Waals surface area (Å²) in [5.41, 5.74) is -0.487. The van der Waals surface area contributed by atoms with Crippen LogP contribution in [-0.4, -0.2) is 21.9 Å². The number of nitrogens with one attached hydrogen (secondary N) is 1. The van der Waals surface area contributed by atoms with E-state index in [0.29, 0.717) is 0 Å². The fraction of sp³-hybridized carbons (Fsp3) is 0.333. The number of carbonyl (C=O) groups excluding carboxylic acids is 1. The number of halogens is 1. The highest BCUT2D eigenvalue weighted by molar-refractivity contribution is 6.32. The van der Waals surface area contributed by atoms with Gasteiger partial charge in [-0.25, -0.2) is 4.98 Å². The topological polar surface area (TPSA) is 85.1 Å². The van der Waals surface area contributed by atoms with Crippen LogP contribution in [0.25, 0.3) is 0 Å². The van der Waals surface area contributed by atoms with Crippen molar-refractivity contribution >= 4 is 23.2 Å². The largest absolute Gasteiger partial charge is 0.349 e. The second-order valence-electron chi connectivity index (χ2n) is 3.50. The van der Waals surface area contributed by atoms with Gasteiger partial charge in [-0.05, 0) is 18.9 Å². The molecular formula is C9H8ClN3O3. The molecule has 0 saturated heterocycles. The molecule has 0 atom stereocenters. The number of nitro groups is 1. The molecule has 1 fully saturated rings. The summed E-state index contributed by atoms with van der Waals surface area (Å²) in [6, 6.07) is 1.43. The van der Waals surface area contributed by atoms with Crippen LogP contribution in [0.4, 0.5) is 5.69 Å². The average Bonchev–Trinajstić information content (AvgIpc) is 3.00. The first kappa shape index (κ1) is 10.8. The van der Waals surface area contributed by atoms with Crippen molar-refractivity contribution in [1.29, 1.82) is 0 Å². The second-order valence-corrected chi connectivity index (χ2v) is 3.86. The fourth-order valence-electron chi connectivity index (χ4n) is 1.28. The monoisotopic (exact) mass is 241 g/mol. The summed E-state index contributed by atoms with van der Waals surface area (Å²) in [6.45, 7) is 0. The molecule has 1 amide bonds. The Labute approximate surface area is 95.8 Å². The van der Waals surface area contributed by atoms with Crippen molar-refractivity contribution in [3.63, 3.8) is 0 Å². The van der Waals surface area contributed by atoms with Gasteiger partial charge in [0.15, 0.2) is 0 Å². The van der Waals surface area contributed by atoms with Crippen LogP contribution in [0.1, 0.15) is 23.2 Å². The van der Waals surface area contributed by atoms with E-state index >= 15 is 0 Å². The first-order valence-corrected chi connectivity index (χ1v) is 5.07. The van der Waals surface area contributed by atoms with E-state index in [9.17, 15) is 14.9 Å². The lowest BCUT2D eigenvalue weighted by molar-refractivity contribution is -0.385. The number of amides is 1. The third kappa shape index (κ3) is 2.11. The van der Waals surface area contributed by atoms with Crippen molar-refractivity contribution in [1.82, 2.24) is 10.3 Å². The maximum Gasteiger partial charge on any atom is 0.319 e. The lowest BCUT2D eigenvalue weighted by atomic mass is 10.2. The molecule has 0 aliphatic heterocycles. The zero-order valence-corrected chi connectivity index (χ0v) is 8.90. The van der Waals surface area contributed by atoms with E-state index < -0.39 is 16.5 Å². The Kier molecular flexibility index (Phi) is 2.74. The van der Waals surface area contributed by atoms with Crippen LogP contribution < -0.4 is 5.32 Å². The molecule has 1 saturated carbocycles. The number of nitrogens with zero attached hydrogens (tertiary/aromatic N) is 2. The number of carbonyl (C=O) groups is 1. The molecule has 1 aliphatic carbocycles. The maximum absolute atomic E-state index is 11.7. The minimum Gasteiger partial charge on any atom is -0.349 e. The standard InChI is InChI=1S/C9H8ClN3O3/c10-8-7(13(15)16)6(3-4-11-8)9(14)12-5-1-2-5/h3-5H,1-2H2,(H,12,14). The molecule has 0 bridgehead atoms. The third-order valence-corrected chi connectivity index (χ3v) is 2.50. The molecule has 0 spiro atoms. The quantitative estimate of drug-likeness (QED) is 0.494. The number of hydrogen-bond acceptors (Lipinski definition) is 4. The van der Waals surface area contributed by atoms with Crippen molar-refractivity contribution < 1.29 is 9.72 Å². The van der Waals surface area contributed by atoms with E-state index in [2.05, 4.69) is 10.3 Å². The smallest absolute Gasteiger partial charge is 0.319 e. The van der Waals surface area contributed by atoms with Crippen LogP contribution in [0, 0.1) is 10.1 Å². The van der Waals surface area contributed by atoms with Gasteiger partial charge in [-0.1, -0.05) is 11.6 Å². The summed E-state index contributed by atoms with van der Waals surface area (Å²) < 4.78 is 0. The van der Waals surface area contributed by atoms with Crippen LogP contribution in [0.3, 0.4) is 0 Å². The molecule has 16 heavy (non-hydrogen) atoms. The predicted molar refractivity (Wildman–Crippen MR) is 56.4 cm³/mol. The van der Waals surface area contributed by atoms with Gasteiger partial charge in [0.1, 0.15) is 5.56 Å². The Bertz CT molecular complexity index is 459. The Morgan fingerprint density at radius 1 is 1.62 bits per heavy atom. The van der Waals surface area contributed by atoms with Crippen molar-refractivity contribution in [2.24, 2.45) is 0 Å². The highest BCUT2D eigenvalue weighted by atomic mass is 35.5. The summed E-state index contributed by atoms with van der Waals surface area (Å²) in [6.07, 6.45) is 3.11. The SMILES string of the molecule is O=C(NC1CC1)c1ccnc(Cl)c1[N+](=O)[O-]. The van der Waals surface area contributed by atoms with Crippen LogP contribution in [-0.2, 0) is 0 Å². The van der Waals surface area contributed by atoms with E-state index in [0.717, 1.165) is 12.8 Å². The second kappa shape index (κ2) is 4.05. The molecule has 0 unspecified atom stereocenters. The molecule has 0 radical (unpaired) electrons.